The maximum atomic E-state index is 13.5. The Morgan fingerprint density at radius 3 is 2.52 bits per heavy atom. The zero-order valence-electron chi connectivity index (χ0n) is 13.6. The van der Waals surface area contributed by atoms with Gasteiger partial charge in [0.05, 0.1) is 0 Å². The van der Waals surface area contributed by atoms with E-state index < -0.39 is 0 Å². The van der Waals surface area contributed by atoms with Gasteiger partial charge in [-0.05, 0) is 49.4 Å². The molecule has 1 nitrogen and oxygen atoms in total. The Morgan fingerprint density at radius 1 is 1.19 bits per heavy atom. The van der Waals surface area contributed by atoms with Crippen molar-refractivity contribution in [2.75, 3.05) is 6.54 Å². The molecule has 0 bridgehead atoms. The molecule has 1 fully saturated rings. The van der Waals surface area contributed by atoms with E-state index in [0.29, 0.717) is 6.04 Å². The second-order valence-corrected chi connectivity index (χ2v) is 6.61. The Bertz CT molecular complexity index is 422. The molecule has 0 radical (unpaired) electrons. The zero-order chi connectivity index (χ0) is 15.1. The van der Waals surface area contributed by atoms with Gasteiger partial charge in [-0.3, -0.25) is 0 Å². The van der Waals surface area contributed by atoms with Gasteiger partial charge in [-0.25, -0.2) is 4.39 Å². The molecular weight excluding hydrogens is 261 g/mol. The summed E-state index contributed by atoms with van der Waals surface area (Å²) in [7, 11) is 0. The topological polar surface area (TPSA) is 12.0 Å². The number of aryl methyl sites for hydroxylation is 1. The first kappa shape index (κ1) is 16.5. The Balaban J connectivity index is 2.06. The minimum Gasteiger partial charge on any atom is -0.310 e. The van der Waals surface area contributed by atoms with Crippen molar-refractivity contribution in [1.29, 1.82) is 0 Å². The minimum atomic E-state index is -0.0949. The maximum absolute atomic E-state index is 13.5. The van der Waals surface area contributed by atoms with Crippen LogP contribution in [0.3, 0.4) is 0 Å². The van der Waals surface area contributed by atoms with Gasteiger partial charge in [-0.1, -0.05) is 57.6 Å². The van der Waals surface area contributed by atoms with Crippen molar-refractivity contribution in [1.82, 2.24) is 5.32 Å². The van der Waals surface area contributed by atoms with Crippen LogP contribution in [0.2, 0.25) is 0 Å². The number of hydrogen-bond acceptors (Lipinski definition) is 1. The van der Waals surface area contributed by atoms with E-state index in [1.807, 2.05) is 19.1 Å². The van der Waals surface area contributed by atoms with E-state index in [4.69, 9.17) is 0 Å². The fourth-order valence-corrected chi connectivity index (χ4v) is 3.47. The fourth-order valence-electron chi connectivity index (χ4n) is 3.47. The normalized spacial score (nSPS) is 18.4. The van der Waals surface area contributed by atoms with Gasteiger partial charge in [-0.15, -0.1) is 0 Å². The van der Waals surface area contributed by atoms with E-state index in [0.717, 1.165) is 24.4 Å². The number of benzene rings is 1. The van der Waals surface area contributed by atoms with Crippen LogP contribution in [0.15, 0.2) is 18.2 Å². The van der Waals surface area contributed by atoms with E-state index in [2.05, 4.69) is 12.2 Å². The lowest BCUT2D eigenvalue weighted by molar-refractivity contribution is 0.356. The molecular formula is C19H30FN. The lowest BCUT2D eigenvalue weighted by atomic mass is 9.89. The summed E-state index contributed by atoms with van der Waals surface area (Å²) < 4.78 is 13.5. The molecule has 1 aliphatic rings. The molecule has 1 atom stereocenters. The van der Waals surface area contributed by atoms with Gasteiger partial charge in [0.15, 0.2) is 0 Å². The number of halogens is 1. The van der Waals surface area contributed by atoms with Crippen molar-refractivity contribution in [3.05, 3.63) is 35.1 Å². The first-order valence-electron chi connectivity index (χ1n) is 8.70. The van der Waals surface area contributed by atoms with E-state index in [9.17, 15) is 4.39 Å². The molecule has 118 valence electrons. The summed E-state index contributed by atoms with van der Waals surface area (Å²) in [6.07, 6.45) is 10.6. The van der Waals surface area contributed by atoms with Crippen molar-refractivity contribution in [2.45, 2.75) is 71.3 Å². The molecule has 1 saturated carbocycles. The lowest BCUT2D eigenvalue weighted by Gasteiger charge is -2.24. The van der Waals surface area contributed by atoms with Crippen molar-refractivity contribution in [3.63, 3.8) is 0 Å². The molecule has 0 aliphatic heterocycles. The Morgan fingerprint density at radius 2 is 1.90 bits per heavy atom. The highest BCUT2D eigenvalue weighted by Gasteiger charge is 2.19. The largest absolute Gasteiger partial charge is 0.310 e. The smallest absolute Gasteiger partial charge is 0.126 e. The van der Waals surface area contributed by atoms with Crippen LogP contribution in [-0.4, -0.2) is 6.54 Å². The van der Waals surface area contributed by atoms with Crippen LogP contribution in [0.4, 0.5) is 4.39 Å². The van der Waals surface area contributed by atoms with Gasteiger partial charge in [0.1, 0.15) is 5.82 Å². The van der Waals surface area contributed by atoms with Crippen molar-refractivity contribution >= 4 is 0 Å². The molecule has 1 N–H and O–H groups in total. The van der Waals surface area contributed by atoms with E-state index in [-0.39, 0.29) is 5.82 Å². The third-order valence-electron chi connectivity index (χ3n) is 4.77. The fraction of sp³-hybridized carbons (Fsp3) is 0.684. The van der Waals surface area contributed by atoms with E-state index >= 15 is 0 Å². The number of nitrogens with one attached hydrogen (secondary N) is 1. The Kier molecular flexibility index (Phi) is 6.69. The third kappa shape index (κ3) is 5.10. The molecule has 0 heterocycles. The second-order valence-electron chi connectivity index (χ2n) is 6.61. The van der Waals surface area contributed by atoms with Crippen LogP contribution in [0.25, 0.3) is 0 Å². The molecule has 1 aromatic carbocycles. The van der Waals surface area contributed by atoms with Crippen LogP contribution < -0.4 is 5.32 Å². The predicted molar refractivity (Wildman–Crippen MR) is 88.0 cm³/mol. The highest BCUT2D eigenvalue weighted by atomic mass is 19.1. The van der Waals surface area contributed by atoms with E-state index in [1.54, 1.807) is 6.07 Å². The number of hydrogen-bond donors (Lipinski definition) is 1. The van der Waals surface area contributed by atoms with Crippen LogP contribution in [-0.2, 0) is 0 Å². The highest BCUT2D eigenvalue weighted by molar-refractivity contribution is 5.26. The Labute approximate surface area is 129 Å². The van der Waals surface area contributed by atoms with Gasteiger partial charge >= 0.3 is 0 Å². The molecule has 0 amide bonds. The quantitative estimate of drug-likeness (QED) is 0.679. The molecule has 0 aromatic heterocycles. The molecule has 2 rings (SSSR count). The third-order valence-corrected chi connectivity index (χ3v) is 4.77. The van der Waals surface area contributed by atoms with Gasteiger partial charge in [0, 0.05) is 6.04 Å². The molecule has 0 saturated heterocycles. The van der Waals surface area contributed by atoms with Gasteiger partial charge in [-0.2, -0.15) is 0 Å². The SMILES string of the molecule is CCCNC(CC1CCCCCC1)c1ccc(F)c(C)c1. The average molecular weight is 291 g/mol. The summed E-state index contributed by atoms with van der Waals surface area (Å²) in [6.45, 7) is 5.10. The molecule has 1 aliphatic carbocycles. The standard InChI is InChI=1S/C19H30FN/c1-3-12-21-19(14-16-8-6-4-5-7-9-16)17-10-11-18(20)15(2)13-17/h10-11,13,16,19,21H,3-9,12,14H2,1-2H3. The molecule has 0 spiro atoms. The van der Waals surface area contributed by atoms with E-state index in [1.165, 1.54) is 50.5 Å². The second kappa shape index (κ2) is 8.53. The van der Waals surface area contributed by atoms with Gasteiger partial charge in [0.25, 0.3) is 0 Å². The summed E-state index contributed by atoms with van der Waals surface area (Å²) in [5.41, 5.74) is 2.02. The summed E-state index contributed by atoms with van der Waals surface area (Å²) in [5, 5.41) is 3.68. The predicted octanol–water partition coefficient (Wildman–Crippen LogP) is 5.54. The van der Waals surface area contributed by atoms with Gasteiger partial charge in [0.2, 0.25) is 0 Å². The molecule has 21 heavy (non-hydrogen) atoms. The molecule has 1 aromatic rings. The van der Waals surface area contributed by atoms with Crippen molar-refractivity contribution in [2.24, 2.45) is 5.92 Å². The van der Waals surface area contributed by atoms with Crippen molar-refractivity contribution < 1.29 is 4.39 Å². The molecule has 2 heteroatoms. The summed E-state index contributed by atoms with van der Waals surface area (Å²) in [5.74, 6) is 0.731. The average Bonchev–Trinajstić information content (AvgIpc) is 2.75. The molecule has 1 unspecified atom stereocenters. The van der Waals surface area contributed by atoms with Gasteiger partial charge < -0.3 is 5.32 Å². The minimum absolute atomic E-state index is 0.0949. The highest BCUT2D eigenvalue weighted by Crippen LogP contribution is 2.31. The van der Waals surface area contributed by atoms with Crippen LogP contribution in [0, 0.1) is 18.7 Å². The van der Waals surface area contributed by atoms with Crippen LogP contribution >= 0.6 is 0 Å². The number of rotatable bonds is 6. The summed E-state index contributed by atoms with van der Waals surface area (Å²) in [6, 6.07) is 6.00. The van der Waals surface area contributed by atoms with Crippen LogP contribution in [0.5, 0.6) is 0 Å². The monoisotopic (exact) mass is 291 g/mol. The Hall–Kier alpha value is -0.890. The first-order chi connectivity index (χ1) is 10.2. The van der Waals surface area contributed by atoms with Crippen molar-refractivity contribution in [3.8, 4) is 0 Å². The first-order valence-corrected chi connectivity index (χ1v) is 8.70. The zero-order valence-corrected chi connectivity index (χ0v) is 13.6. The lowest BCUT2D eigenvalue weighted by Crippen LogP contribution is -2.24. The summed E-state index contributed by atoms with van der Waals surface area (Å²) >= 11 is 0. The maximum Gasteiger partial charge on any atom is 0.126 e. The summed E-state index contributed by atoms with van der Waals surface area (Å²) in [4.78, 5) is 0. The van der Waals surface area contributed by atoms with Crippen LogP contribution in [0.1, 0.15) is 75.5 Å².